The molecule has 0 radical (unpaired) electrons. The van der Waals surface area contributed by atoms with E-state index in [-0.39, 0.29) is 6.10 Å². The second kappa shape index (κ2) is 6.46. The molecule has 0 aliphatic carbocycles. The first kappa shape index (κ1) is 14.9. The maximum Gasteiger partial charge on any atom is 0.0727 e. The highest BCUT2D eigenvalue weighted by Gasteiger charge is 2.46. The molecule has 2 heterocycles. The fraction of sp³-hybridized carbons (Fsp3) is 0.429. The van der Waals surface area contributed by atoms with Crippen LogP contribution in [0.15, 0.2) is 60.7 Å². The van der Waals surface area contributed by atoms with Crippen molar-refractivity contribution in [2.75, 3.05) is 0 Å². The zero-order valence-electron chi connectivity index (χ0n) is 13.5. The molecule has 2 heteroatoms. The number of rotatable bonds is 4. The number of hydrogen-bond donors (Lipinski definition) is 1. The molecule has 4 unspecified atom stereocenters. The van der Waals surface area contributed by atoms with Gasteiger partial charge in [0, 0.05) is 18.6 Å². The number of aliphatic hydroxyl groups excluding tert-OH is 1. The molecule has 0 aromatic heterocycles. The van der Waals surface area contributed by atoms with Crippen molar-refractivity contribution < 1.29 is 5.11 Å². The molecule has 4 atom stereocenters. The van der Waals surface area contributed by atoms with Crippen molar-refractivity contribution in [3.05, 3.63) is 71.8 Å². The summed E-state index contributed by atoms with van der Waals surface area (Å²) in [5, 5.41) is 10.9. The molecule has 4 rings (SSSR count). The molecule has 0 amide bonds. The van der Waals surface area contributed by atoms with E-state index in [0.29, 0.717) is 18.0 Å². The summed E-state index contributed by atoms with van der Waals surface area (Å²) in [6.45, 7) is 0.977. The molecule has 2 aliphatic rings. The summed E-state index contributed by atoms with van der Waals surface area (Å²) >= 11 is 0. The average molecular weight is 307 g/mol. The van der Waals surface area contributed by atoms with E-state index in [0.717, 1.165) is 25.8 Å². The Labute approximate surface area is 138 Å². The van der Waals surface area contributed by atoms with Crippen molar-refractivity contribution in [3.63, 3.8) is 0 Å². The molecule has 2 aliphatic heterocycles. The summed E-state index contributed by atoms with van der Waals surface area (Å²) in [7, 11) is 0. The van der Waals surface area contributed by atoms with Gasteiger partial charge in [-0.3, -0.25) is 4.90 Å². The lowest BCUT2D eigenvalue weighted by Gasteiger charge is -2.42. The molecule has 0 spiro atoms. The molecule has 2 nitrogen and oxygen atoms in total. The van der Waals surface area contributed by atoms with E-state index in [1.165, 1.54) is 17.5 Å². The first-order chi connectivity index (χ1) is 11.3. The Morgan fingerprint density at radius 1 is 0.870 bits per heavy atom. The smallest absolute Gasteiger partial charge is 0.0727 e. The van der Waals surface area contributed by atoms with E-state index in [2.05, 4.69) is 65.6 Å². The number of hydrogen-bond acceptors (Lipinski definition) is 2. The standard InChI is InChI=1S/C21H25NO/c23-21-18(13-16-7-3-1-4-8-16)14-19-11-12-20(21)22(19)15-17-9-5-2-6-10-17/h1-10,18-21,23H,11-15H2. The average Bonchev–Trinajstić information content (AvgIpc) is 2.90. The van der Waals surface area contributed by atoms with Crippen molar-refractivity contribution >= 4 is 0 Å². The molecule has 2 saturated heterocycles. The Morgan fingerprint density at radius 3 is 2.22 bits per heavy atom. The fourth-order valence-electron chi connectivity index (χ4n) is 4.55. The van der Waals surface area contributed by atoms with E-state index < -0.39 is 0 Å². The third kappa shape index (κ3) is 3.06. The molecule has 0 saturated carbocycles. The van der Waals surface area contributed by atoms with Gasteiger partial charge in [0.15, 0.2) is 0 Å². The van der Waals surface area contributed by atoms with Gasteiger partial charge in [-0.05, 0) is 42.7 Å². The molecule has 2 bridgehead atoms. The Bertz CT molecular complexity index is 627. The number of benzene rings is 2. The van der Waals surface area contributed by atoms with Crippen molar-refractivity contribution in [2.24, 2.45) is 5.92 Å². The van der Waals surface area contributed by atoms with Crippen molar-refractivity contribution in [1.82, 2.24) is 4.90 Å². The minimum atomic E-state index is -0.197. The third-order valence-electron chi connectivity index (χ3n) is 5.69. The van der Waals surface area contributed by atoms with Crippen LogP contribution < -0.4 is 0 Å². The summed E-state index contributed by atoms with van der Waals surface area (Å²) in [6, 6.07) is 22.3. The second-order valence-corrected chi connectivity index (χ2v) is 7.13. The quantitative estimate of drug-likeness (QED) is 0.932. The SMILES string of the molecule is OC1C(Cc2ccccc2)CC2CCC1N2Cc1ccccc1. The summed E-state index contributed by atoms with van der Waals surface area (Å²) in [6.07, 6.45) is 4.31. The monoisotopic (exact) mass is 307 g/mol. The molecular formula is C21H25NO. The second-order valence-electron chi connectivity index (χ2n) is 7.13. The predicted octanol–water partition coefficient (Wildman–Crippen LogP) is 3.64. The van der Waals surface area contributed by atoms with Gasteiger partial charge in [0.2, 0.25) is 0 Å². The maximum atomic E-state index is 10.9. The van der Waals surface area contributed by atoms with Gasteiger partial charge in [0.25, 0.3) is 0 Å². The Morgan fingerprint density at radius 2 is 1.52 bits per heavy atom. The predicted molar refractivity (Wildman–Crippen MR) is 93.1 cm³/mol. The fourth-order valence-corrected chi connectivity index (χ4v) is 4.55. The molecule has 2 fully saturated rings. The number of aliphatic hydroxyl groups is 1. The van der Waals surface area contributed by atoms with Gasteiger partial charge < -0.3 is 5.11 Å². The van der Waals surface area contributed by atoms with E-state index in [9.17, 15) is 5.11 Å². The van der Waals surface area contributed by atoms with Crippen LogP contribution in [0.5, 0.6) is 0 Å². The largest absolute Gasteiger partial charge is 0.391 e. The van der Waals surface area contributed by atoms with Crippen molar-refractivity contribution in [3.8, 4) is 0 Å². The van der Waals surface area contributed by atoms with Gasteiger partial charge in [0.1, 0.15) is 0 Å². The highest BCUT2D eigenvalue weighted by Crippen LogP contribution is 2.40. The topological polar surface area (TPSA) is 23.5 Å². The van der Waals surface area contributed by atoms with Gasteiger partial charge >= 0.3 is 0 Å². The molecule has 2 aromatic rings. The van der Waals surface area contributed by atoms with Crippen LogP contribution in [0.3, 0.4) is 0 Å². The lowest BCUT2D eigenvalue weighted by atomic mass is 9.83. The highest BCUT2D eigenvalue weighted by molar-refractivity contribution is 5.18. The lowest BCUT2D eigenvalue weighted by molar-refractivity contribution is -0.0320. The Kier molecular flexibility index (Phi) is 4.19. The van der Waals surface area contributed by atoms with Crippen LogP contribution >= 0.6 is 0 Å². The molecule has 120 valence electrons. The molecule has 23 heavy (non-hydrogen) atoms. The Balaban J connectivity index is 1.47. The normalized spacial score (nSPS) is 30.5. The number of nitrogens with zero attached hydrogens (tertiary/aromatic N) is 1. The van der Waals surface area contributed by atoms with Crippen molar-refractivity contribution in [2.45, 2.75) is 50.4 Å². The molecular weight excluding hydrogens is 282 g/mol. The van der Waals surface area contributed by atoms with Crippen molar-refractivity contribution in [1.29, 1.82) is 0 Å². The molecule has 2 aromatic carbocycles. The van der Waals surface area contributed by atoms with Gasteiger partial charge in [-0.15, -0.1) is 0 Å². The maximum absolute atomic E-state index is 10.9. The van der Waals surface area contributed by atoms with Gasteiger partial charge in [0.05, 0.1) is 6.10 Å². The van der Waals surface area contributed by atoms with Crippen LogP contribution in [0.2, 0.25) is 0 Å². The summed E-state index contributed by atoms with van der Waals surface area (Å²) in [5.74, 6) is 0.405. The van der Waals surface area contributed by atoms with Gasteiger partial charge in [-0.2, -0.15) is 0 Å². The third-order valence-corrected chi connectivity index (χ3v) is 5.69. The number of fused-ring (bicyclic) bond motifs is 2. The van der Waals surface area contributed by atoms with Gasteiger partial charge in [-0.25, -0.2) is 0 Å². The van der Waals surface area contributed by atoms with E-state index in [1.54, 1.807) is 0 Å². The minimum Gasteiger partial charge on any atom is -0.391 e. The highest BCUT2D eigenvalue weighted by atomic mass is 16.3. The van der Waals surface area contributed by atoms with E-state index >= 15 is 0 Å². The number of piperidine rings is 1. The van der Waals surface area contributed by atoms with Crippen LogP contribution in [0.1, 0.15) is 30.4 Å². The first-order valence-electron chi connectivity index (χ1n) is 8.83. The summed E-state index contributed by atoms with van der Waals surface area (Å²) in [4.78, 5) is 2.56. The van der Waals surface area contributed by atoms with Crippen LogP contribution in [0, 0.1) is 5.92 Å². The van der Waals surface area contributed by atoms with Crippen LogP contribution in [-0.2, 0) is 13.0 Å². The first-order valence-corrected chi connectivity index (χ1v) is 8.83. The summed E-state index contributed by atoms with van der Waals surface area (Å²) < 4.78 is 0. The molecule has 1 N–H and O–H groups in total. The zero-order chi connectivity index (χ0) is 15.6. The summed E-state index contributed by atoms with van der Waals surface area (Å²) in [5.41, 5.74) is 2.71. The van der Waals surface area contributed by atoms with Gasteiger partial charge in [-0.1, -0.05) is 60.7 Å². The lowest BCUT2D eigenvalue weighted by Crippen LogP contribution is -2.51. The Hall–Kier alpha value is -1.64. The van der Waals surface area contributed by atoms with Crippen LogP contribution in [-0.4, -0.2) is 28.2 Å². The van der Waals surface area contributed by atoms with Crippen LogP contribution in [0.4, 0.5) is 0 Å². The van der Waals surface area contributed by atoms with Crippen LogP contribution in [0.25, 0.3) is 0 Å². The minimum absolute atomic E-state index is 0.197. The van der Waals surface area contributed by atoms with E-state index in [4.69, 9.17) is 0 Å². The van der Waals surface area contributed by atoms with E-state index in [1.807, 2.05) is 0 Å². The zero-order valence-corrected chi connectivity index (χ0v) is 13.5.